The second-order valence-corrected chi connectivity index (χ2v) is 10.4. The Morgan fingerprint density at radius 3 is 2.68 bits per heavy atom. The van der Waals surface area contributed by atoms with E-state index in [1.54, 1.807) is 0 Å². The Kier molecular flexibility index (Phi) is 7.45. The normalized spacial score (nSPS) is 19.2. The number of fused-ring (bicyclic) bond motifs is 5. The van der Waals surface area contributed by atoms with Gasteiger partial charge in [-0.25, -0.2) is 4.68 Å². The molecule has 1 atom stereocenters. The number of nitrogens with zero attached hydrogens (tertiary/aromatic N) is 5. The Morgan fingerprint density at radius 2 is 1.97 bits per heavy atom. The largest absolute Gasteiger partial charge is 0.476 e. The predicted molar refractivity (Wildman–Crippen MR) is 150 cm³/mol. The first-order valence-electron chi connectivity index (χ1n) is 13.6. The monoisotopic (exact) mass is 517 g/mol. The van der Waals surface area contributed by atoms with Crippen molar-refractivity contribution in [2.75, 3.05) is 19.8 Å². The lowest BCUT2D eigenvalue weighted by molar-refractivity contribution is 0.125. The first kappa shape index (κ1) is 26.3. The van der Waals surface area contributed by atoms with Gasteiger partial charge in [0.1, 0.15) is 6.10 Å². The summed E-state index contributed by atoms with van der Waals surface area (Å²) in [6, 6.07) is 6.95. The van der Waals surface area contributed by atoms with Gasteiger partial charge in [-0.15, -0.1) is 5.10 Å². The van der Waals surface area contributed by atoms with Gasteiger partial charge in [-0.3, -0.25) is 9.58 Å². The van der Waals surface area contributed by atoms with Gasteiger partial charge < -0.3 is 14.6 Å². The number of aryl methyl sites for hydroxylation is 3. The number of allylic oxidation sites excluding steroid dienone is 2. The van der Waals surface area contributed by atoms with Crippen molar-refractivity contribution in [1.82, 2.24) is 24.5 Å². The van der Waals surface area contributed by atoms with E-state index in [0.717, 1.165) is 57.2 Å². The number of hydrogen-bond acceptors (Lipinski definition) is 6. The highest BCUT2D eigenvalue weighted by atomic mass is 16.5. The molecule has 3 heterocycles. The molecule has 2 aromatic heterocycles. The highest BCUT2D eigenvalue weighted by molar-refractivity contribution is 5.83. The number of hydrogen-bond donors (Lipinski definition) is 1. The molecule has 0 spiro atoms. The number of aliphatic hydroxyl groups is 1. The summed E-state index contributed by atoms with van der Waals surface area (Å²) in [4.78, 5) is 2.48. The second-order valence-electron chi connectivity index (χ2n) is 10.4. The van der Waals surface area contributed by atoms with Crippen molar-refractivity contribution in [3.05, 3.63) is 58.9 Å². The zero-order chi connectivity index (χ0) is 27.0. The Hall–Kier alpha value is -3.36. The zero-order valence-electron chi connectivity index (χ0n) is 23.2. The Labute approximate surface area is 225 Å². The summed E-state index contributed by atoms with van der Waals surface area (Å²) in [5.74, 6) is 1.37. The topological polar surface area (TPSA) is 77.6 Å². The fourth-order valence-electron chi connectivity index (χ4n) is 5.38. The van der Waals surface area contributed by atoms with Crippen molar-refractivity contribution in [3.8, 4) is 22.9 Å². The van der Waals surface area contributed by atoms with Crippen LogP contribution in [-0.4, -0.2) is 61.5 Å². The van der Waals surface area contributed by atoms with Gasteiger partial charge >= 0.3 is 0 Å². The molecular formula is C30H39N5O3. The van der Waals surface area contributed by atoms with Gasteiger partial charge in [0.15, 0.2) is 0 Å². The van der Waals surface area contributed by atoms with E-state index in [1.165, 1.54) is 12.8 Å². The molecule has 0 unspecified atom stereocenters. The molecule has 1 N–H and O–H groups in total. The minimum atomic E-state index is -0.0614. The molecule has 38 heavy (non-hydrogen) atoms. The van der Waals surface area contributed by atoms with Gasteiger partial charge in [0.2, 0.25) is 11.8 Å². The molecule has 0 radical (unpaired) electrons. The number of benzene rings is 1. The maximum Gasteiger partial charge on any atom is 0.240 e. The summed E-state index contributed by atoms with van der Waals surface area (Å²) in [7, 11) is 1.94. The fraction of sp³-hybridized carbons (Fsp3) is 0.467. The van der Waals surface area contributed by atoms with Crippen LogP contribution in [0, 0.1) is 13.8 Å². The van der Waals surface area contributed by atoms with Crippen molar-refractivity contribution < 1.29 is 14.6 Å². The molecule has 5 rings (SSSR count). The van der Waals surface area contributed by atoms with Gasteiger partial charge in [-0.2, -0.15) is 5.10 Å². The number of aliphatic hydroxyl groups excluding tert-OH is 1. The molecule has 1 aliphatic carbocycles. The van der Waals surface area contributed by atoms with Crippen molar-refractivity contribution in [2.24, 2.45) is 7.05 Å². The van der Waals surface area contributed by atoms with E-state index in [1.807, 2.05) is 30.3 Å². The molecule has 1 aromatic carbocycles. The lowest BCUT2D eigenvalue weighted by Crippen LogP contribution is -2.36. The van der Waals surface area contributed by atoms with Gasteiger partial charge in [0.25, 0.3) is 0 Å². The first-order chi connectivity index (χ1) is 18.3. The van der Waals surface area contributed by atoms with Gasteiger partial charge in [0, 0.05) is 26.2 Å². The molecule has 1 fully saturated rings. The third-order valence-corrected chi connectivity index (χ3v) is 7.37. The molecule has 0 amide bonds. The molecule has 2 bridgehead atoms. The lowest BCUT2D eigenvalue weighted by atomic mass is 9.95. The van der Waals surface area contributed by atoms with Crippen LogP contribution >= 0.6 is 0 Å². The molecular weight excluding hydrogens is 478 g/mol. The minimum Gasteiger partial charge on any atom is -0.476 e. The first-order valence-corrected chi connectivity index (χ1v) is 13.6. The van der Waals surface area contributed by atoms with Crippen LogP contribution in [0.15, 0.2) is 30.9 Å². The quantitative estimate of drug-likeness (QED) is 0.526. The maximum absolute atomic E-state index is 9.79. The van der Waals surface area contributed by atoms with Crippen LogP contribution < -0.4 is 9.47 Å². The summed E-state index contributed by atoms with van der Waals surface area (Å²) in [6.07, 6.45) is 6.40. The van der Waals surface area contributed by atoms with Crippen LogP contribution in [0.1, 0.15) is 54.8 Å². The fourth-order valence-corrected chi connectivity index (χ4v) is 5.38. The van der Waals surface area contributed by atoms with E-state index in [-0.39, 0.29) is 12.7 Å². The number of ether oxygens (including phenoxy) is 2. The maximum atomic E-state index is 9.79. The molecule has 2 aliphatic rings. The highest BCUT2D eigenvalue weighted by Gasteiger charge is 2.33. The Morgan fingerprint density at radius 1 is 1.18 bits per heavy atom. The van der Waals surface area contributed by atoms with Crippen molar-refractivity contribution in [3.63, 3.8) is 0 Å². The molecule has 0 saturated heterocycles. The molecule has 202 valence electrons. The van der Waals surface area contributed by atoms with Gasteiger partial charge in [0.05, 0.1) is 42.3 Å². The average Bonchev–Trinajstić information content (AvgIpc) is 3.62. The van der Waals surface area contributed by atoms with E-state index in [2.05, 4.69) is 55.7 Å². The molecule has 1 saturated carbocycles. The van der Waals surface area contributed by atoms with Gasteiger partial charge in [-0.1, -0.05) is 24.8 Å². The van der Waals surface area contributed by atoms with E-state index in [9.17, 15) is 5.11 Å². The summed E-state index contributed by atoms with van der Waals surface area (Å²) in [5, 5.41) is 19.2. The van der Waals surface area contributed by atoms with Crippen molar-refractivity contribution >= 4 is 11.6 Å². The number of rotatable bonds is 5. The highest BCUT2D eigenvalue weighted by Crippen LogP contribution is 2.37. The Bertz CT molecular complexity index is 1360. The van der Waals surface area contributed by atoms with Crippen LogP contribution in [0.25, 0.3) is 22.8 Å². The molecule has 8 heteroatoms. The molecule has 3 aromatic rings. The van der Waals surface area contributed by atoms with E-state index < -0.39 is 0 Å². The summed E-state index contributed by atoms with van der Waals surface area (Å²) >= 11 is 0. The minimum absolute atomic E-state index is 0.00759. The second kappa shape index (κ2) is 10.8. The summed E-state index contributed by atoms with van der Waals surface area (Å²) in [5.41, 5.74) is 8.10. The van der Waals surface area contributed by atoms with E-state index >= 15 is 0 Å². The van der Waals surface area contributed by atoms with Crippen LogP contribution in [0.5, 0.6) is 11.8 Å². The Balaban J connectivity index is 1.67. The van der Waals surface area contributed by atoms with E-state index in [4.69, 9.17) is 19.7 Å². The average molecular weight is 518 g/mol. The van der Waals surface area contributed by atoms with Gasteiger partial charge in [-0.05, 0) is 74.9 Å². The third-order valence-electron chi connectivity index (χ3n) is 7.37. The summed E-state index contributed by atoms with van der Waals surface area (Å²) in [6.45, 7) is 15.0. The third kappa shape index (κ3) is 5.15. The zero-order valence-corrected chi connectivity index (χ0v) is 23.2. The van der Waals surface area contributed by atoms with E-state index in [0.29, 0.717) is 31.6 Å². The smallest absolute Gasteiger partial charge is 0.240 e. The number of aromatic nitrogens is 4. The van der Waals surface area contributed by atoms with Crippen LogP contribution in [0.4, 0.5) is 0 Å². The predicted octanol–water partition coefficient (Wildman–Crippen LogP) is 4.76. The SMILES string of the molecule is C=C1/C=C/c2c(OCC)nn(CCO)c2CN(C2CC2)C[C@@H](C)Oc2c(c(C)nn2C)-c2ccc(C)c1c2. The lowest BCUT2D eigenvalue weighted by Gasteiger charge is -2.27. The van der Waals surface area contributed by atoms with Crippen LogP contribution in [0.3, 0.4) is 0 Å². The standard InChI is InChI=1S/C30H39N5O3/c1-7-37-29-25-13-9-20(3)26-16-23(10-8-19(26)2)28-22(5)31-33(6)30(28)38-21(4)17-34(24-11-12-24)18-27(25)35(32-29)14-15-36/h8-10,13,16,21,24,36H,3,7,11-12,14-15,17-18H2,1-2,4-6H3/b13-9+/t21-/m1/s1. The molecule has 1 aliphatic heterocycles. The van der Waals surface area contributed by atoms with Crippen molar-refractivity contribution in [1.29, 1.82) is 0 Å². The van der Waals surface area contributed by atoms with Crippen molar-refractivity contribution in [2.45, 2.75) is 65.8 Å². The summed E-state index contributed by atoms with van der Waals surface area (Å²) < 4.78 is 16.3. The van der Waals surface area contributed by atoms with Crippen LogP contribution in [-0.2, 0) is 20.1 Å². The van der Waals surface area contributed by atoms with Crippen LogP contribution in [0.2, 0.25) is 0 Å². The molecule has 8 nitrogen and oxygen atoms in total.